The van der Waals surface area contributed by atoms with Gasteiger partial charge in [0.25, 0.3) is 5.91 Å². The van der Waals surface area contributed by atoms with Crippen molar-refractivity contribution in [1.29, 1.82) is 0 Å². The van der Waals surface area contributed by atoms with Gasteiger partial charge in [-0.2, -0.15) is 0 Å². The summed E-state index contributed by atoms with van der Waals surface area (Å²) in [6.07, 6.45) is 3.58. The number of fused-ring (bicyclic) bond motifs is 1. The molecule has 0 aliphatic carbocycles. The van der Waals surface area contributed by atoms with E-state index in [0.717, 1.165) is 21.5 Å². The Hall–Kier alpha value is -1.85. The molecule has 2 heterocycles. The minimum Gasteiger partial charge on any atom is -0.311 e. The lowest BCUT2D eigenvalue weighted by Gasteiger charge is -2.18. The minimum absolute atomic E-state index is 0.107. The van der Waals surface area contributed by atoms with E-state index in [1.165, 1.54) is 0 Å². The first-order chi connectivity index (χ1) is 11.5. The molecule has 0 unspecified atom stereocenters. The van der Waals surface area contributed by atoms with Gasteiger partial charge >= 0.3 is 0 Å². The Labute approximate surface area is 155 Å². The lowest BCUT2D eigenvalue weighted by molar-refractivity contribution is 0.0992. The number of halogens is 2. The molecule has 0 aliphatic rings. The van der Waals surface area contributed by atoms with E-state index in [1.54, 1.807) is 36.5 Å². The van der Waals surface area contributed by atoms with Gasteiger partial charge in [-0.3, -0.25) is 4.79 Å². The van der Waals surface area contributed by atoms with Crippen molar-refractivity contribution in [2.45, 2.75) is 20.8 Å². The molecule has 0 radical (unpaired) electrons. The Morgan fingerprint density at radius 2 is 1.88 bits per heavy atom. The molecule has 3 rings (SSSR count). The van der Waals surface area contributed by atoms with Gasteiger partial charge in [0.15, 0.2) is 0 Å². The third kappa shape index (κ3) is 3.62. The first kappa shape index (κ1) is 18.5. The van der Waals surface area contributed by atoms with Crippen molar-refractivity contribution in [3.05, 3.63) is 63.5 Å². The maximum absolute atomic E-state index is 12.8. The molecule has 1 aromatic carbocycles. The molecule has 2 aromatic heterocycles. The fourth-order valence-corrected chi connectivity index (χ4v) is 2.84. The third-order valence-corrected chi connectivity index (χ3v) is 4.44. The largest absolute Gasteiger partial charge is 0.311 e. The second-order valence-corrected chi connectivity index (χ2v) is 6.29. The Balaban J connectivity index is 0.00000100. The van der Waals surface area contributed by atoms with Crippen LogP contribution < -0.4 is 4.90 Å². The maximum Gasteiger partial charge on any atom is 0.260 e. The number of aromatic nitrogens is 2. The quantitative estimate of drug-likeness (QED) is 0.572. The molecule has 24 heavy (non-hydrogen) atoms. The van der Waals surface area contributed by atoms with Crippen LogP contribution in [0.1, 0.15) is 29.9 Å². The summed E-state index contributed by atoms with van der Waals surface area (Å²) < 4.78 is 2.62. The van der Waals surface area contributed by atoms with Crippen LogP contribution in [-0.4, -0.2) is 22.3 Å². The van der Waals surface area contributed by atoms with Gasteiger partial charge < -0.3 is 9.30 Å². The van der Waals surface area contributed by atoms with Crippen molar-refractivity contribution in [3.8, 4) is 0 Å². The van der Waals surface area contributed by atoms with E-state index >= 15 is 0 Å². The van der Waals surface area contributed by atoms with E-state index in [9.17, 15) is 4.79 Å². The van der Waals surface area contributed by atoms with Crippen molar-refractivity contribution >= 4 is 44.8 Å². The average Bonchev–Trinajstić information content (AvgIpc) is 2.95. The van der Waals surface area contributed by atoms with Crippen LogP contribution in [0.3, 0.4) is 0 Å². The van der Waals surface area contributed by atoms with E-state index in [1.807, 2.05) is 43.4 Å². The summed E-state index contributed by atoms with van der Waals surface area (Å²) in [5, 5.41) is 0.640. The number of pyridine rings is 1. The summed E-state index contributed by atoms with van der Waals surface area (Å²) in [4.78, 5) is 18.6. The Morgan fingerprint density at radius 1 is 1.25 bits per heavy atom. The fraction of sp³-hybridized carbons (Fsp3) is 0.222. The van der Waals surface area contributed by atoms with E-state index in [-0.39, 0.29) is 5.91 Å². The predicted molar refractivity (Wildman–Crippen MR) is 103 cm³/mol. The van der Waals surface area contributed by atoms with Gasteiger partial charge in [0.1, 0.15) is 5.65 Å². The summed E-state index contributed by atoms with van der Waals surface area (Å²) in [7, 11) is 1.74. The Bertz CT molecular complexity index is 859. The monoisotopic (exact) mass is 407 g/mol. The highest BCUT2D eigenvalue weighted by atomic mass is 79.9. The van der Waals surface area contributed by atoms with Crippen LogP contribution >= 0.6 is 27.5 Å². The molecule has 6 heteroatoms. The smallest absolute Gasteiger partial charge is 0.260 e. The van der Waals surface area contributed by atoms with Crippen molar-refractivity contribution in [2.75, 3.05) is 11.9 Å². The molecule has 0 atom stereocenters. The zero-order valence-corrected chi connectivity index (χ0v) is 16.4. The SMILES string of the molecule is CC.Cc1cnc2cc(Br)c(C(=O)N(C)c3ccc(Cl)cc3)cn12. The van der Waals surface area contributed by atoms with Crippen molar-refractivity contribution < 1.29 is 4.79 Å². The Kier molecular flexibility index (Phi) is 6.02. The average molecular weight is 409 g/mol. The molecular formula is C18H19BrClN3O. The molecule has 0 N–H and O–H groups in total. The molecule has 0 aliphatic heterocycles. The lowest BCUT2D eigenvalue weighted by atomic mass is 10.2. The zero-order valence-electron chi connectivity index (χ0n) is 14.0. The first-order valence-corrected chi connectivity index (χ1v) is 8.81. The molecule has 0 saturated heterocycles. The molecule has 4 nitrogen and oxygen atoms in total. The van der Waals surface area contributed by atoms with Gasteiger partial charge in [0, 0.05) is 40.3 Å². The summed E-state index contributed by atoms with van der Waals surface area (Å²) in [5.41, 5.74) is 3.13. The standard InChI is InChI=1S/C16H13BrClN3O.C2H6/c1-10-8-19-15-7-14(17)13(9-21(10)15)16(22)20(2)12-5-3-11(18)4-6-12;1-2/h3-9H,1-2H3;1-2H3. The van der Waals surface area contributed by atoms with Crippen LogP contribution in [-0.2, 0) is 0 Å². The van der Waals surface area contributed by atoms with Gasteiger partial charge in [-0.1, -0.05) is 25.4 Å². The minimum atomic E-state index is -0.107. The highest BCUT2D eigenvalue weighted by molar-refractivity contribution is 9.10. The zero-order chi connectivity index (χ0) is 17.9. The second-order valence-electron chi connectivity index (χ2n) is 5.00. The number of amides is 1. The number of rotatable bonds is 2. The number of aryl methyl sites for hydroxylation is 1. The van der Waals surface area contributed by atoms with Gasteiger partial charge in [0.05, 0.1) is 5.56 Å². The topological polar surface area (TPSA) is 37.6 Å². The van der Waals surface area contributed by atoms with Crippen LogP contribution in [0.25, 0.3) is 5.65 Å². The number of nitrogens with zero attached hydrogens (tertiary/aromatic N) is 3. The molecule has 126 valence electrons. The highest BCUT2D eigenvalue weighted by Gasteiger charge is 2.18. The van der Waals surface area contributed by atoms with Gasteiger partial charge in [-0.15, -0.1) is 0 Å². The fourth-order valence-electron chi connectivity index (χ4n) is 2.24. The van der Waals surface area contributed by atoms with Crippen molar-refractivity contribution in [3.63, 3.8) is 0 Å². The first-order valence-electron chi connectivity index (χ1n) is 7.64. The van der Waals surface area contributed by atoms with Crippen LogP contribution in [0.4, 0.5) is 5.69 Å². The summed E-state index contributed by atoms with van der Waals surface area (Å²) in [6, 6.07) is 9.00. The highest BCUT2D eigenvalue weighted by Crippen LogP contribution is 2.24. The van der Waals surface area contributed by atoms with Crippen molar-refractivity contribution in [2.24, 2.45) is 0 Å². The van der Waals surface area contributed by atoms with E-state index in [4.69, 9.17) is 11.6 Å². The van der Waals surface area contributed by atoms with E-state index in [2.05, 4.69) is 20.9 Å². The lowest BCUT2D eigenvalue weighted by Crippen LogP contribution is -2.26. The number of anilines is 1. The molecule has 1 amide bonds. The molecule has 0 saturated carbocycles. The van der Waals surface area contributed by atoms with Crippen LogP contribution in [0.15, 0.2) is 47.2 Å². The number of hydrogen-bond acceptors (Lipinski definition) is 2. The predicted octanol–water partition coefficient (Wildman–Crippen LogP) is 5.36. The normalized spacial score (nSPS) is 10.2. The van der Waals surface area contributed by atoms with Crippen LogP contribution in [0.2, 0.25) is 5.02 Å². The summed E-state index contributed by atoms with van der Waals surface area (Å²) in [6.45, 7) is 5.95. The van der Waals surface area contributed by atoms with Crippen molar-refractivity contribution in [1.82, 2.24) is 9.38 Å². The van der Waals surface area contributed by atoms with Gasteiger partial charge in [0.2, 0.25) is 0 Å². The molecular weight excluding hydrogens is 390 g/mol. The van der Waals surface area contributed by atoms with Gasteiger partial charge in [-0.05, 0) is 53.2 Å². The number of imidazole rings is 1. The Morgan fingerprint density at radius 3 is 2.50 bits per heavy atom. The second kappa shape index (κ2) is 7.81. The van der Waals surface area contributed by atoms with Crippen LogP contribution in [0, 0.1) is 6.92 Å². The summed E-state index contributed by atoms with van der Waals surface area (Å²) >= 11 is 9.35. The molecule has 0 bridgehead atoms. The van der Waals surface area contributed by atoms with E-state index < -0.39 is 0 Å². The van der Waals surface area contributed by atoms with Crippen LogP contribution in [0.5, 0.6) is 0 Å². The summed E-state index contributed by atoms with van der Waals surface area (Å²) in [5.74, 6) is -0.107. The third-order valence-electron chi connectivity index (χ3n) is 3.53. The number of benzene rings is 1. The molecule has 3 aromatic rings. The van der Waals surface area contributed by atoms with E-state index in [0.29, 0.717) is 10.6 Å². The molecule has 0 spiro atoms. The number of carbonyl (C=O) groups excluding carboxylic acids is 1. The number of carbonyl (C=O) groups is 1. The number of hydrogen-bond donors (Lipinski definition) is 0. The van der Waals surface area contributed by atoms with Gasteiger partial charge in [-0.25, -0.2) is 4.98 Å². The maximum atomic E-state index is 12.8. The molecule has 0 fully saturated rings.